The Morgan fingerprint density at radius 1 is 1.50 bits per heavy atom. The number of carbonyl (C=O) groups excluding carboxylic acids is 1. The van der Waals surface area contributed by atoms with E-state index in [0.29, 0.717) is 0 Å². The molecule has 0 spiro atoms. The maximum Gasteiger partial charge on any atom is 0.408 e. The van der Waals surface area contributed by atoms with Gasteiger partial charge in [-0.05, 0) is 33.6 Å². The number of alkyl carbamates (subject to hydrolysis) is 1. The third-order valence-corrected chi connectivity index (χ3v) is 2.13. The largest absolute Gasteiger partial charge is 0.444 e. The molecule has 4 nitrogen and oxygen atoms in total. The Hall–Kier alpha value is -0.770. The molecular formula is C10H21N2O2+. The minimum Gasteiger partial charge on any atom is -0.444 e. The van der Waals surface area contributed by atoms with E-state index >= 15 is 0 Å². The molecule has 1 saturated heterocycles. The maximum absolute atomic E-state index is 11.4. The smallest absolute Gasteiger partial charge is 0.408 e. The number of piperidine rings is 1. The van der Waals surface area contributed by atoms with Crippen LogP contribution in [0.5, 0.6) is 0 Å². The number of carbonyl (C=O) groups is 1. The van der Waals surface area contributed by atoms with Crippen LogP contribution in [0, 0.1) is 0 Å². The minimum atomic E-state index is -0.400. The predicted octanol–water partition coefficient (Wildman–Crippen LogP) is 0.237. The summed E-state index contributed by atoms with van der Waals surface area (Å²) < 4.78 is 5.18. The molecule has 4 heteroatoms. The fraction of sp³-hybridized carbons (Fsp3) is 0.900. The van der Waals surface area contributed by atoms with Gasteiger partial charge in [-0.15, -0.1) is 0 Å². The first-order valence-corrected chi connectivity index (χ1v) is 5.28. The van der Waals surface area contributed by atoms with Gasteiger partial charge in [0.25, 0.3) is 0 Å². The quantitative estimate of drug-likeness (QED) is 0.638. The number of rotatable bonds is 1. The van der Waals surface area contributed by atoms with Gasteiger partial charge >= 0.3 is 6.09 Å². The zero-order chi connectivity index (χ0) is 10.6. The molecule has 14 heavy (non-hydrogen) atoms. The van der Waals surface area contributed by atoms with Crippen LogP contribution < -0.4 is 10.6 Å². The van der Waals surface area contributed by atoms with Crippen LogP contribution in [0.3, 0.4) is 0 Å². The van der Waals surface area contributed by atoms with Gasteiger partial charge in [0.15, 0.2) is 0 Å². The molecule has 3 N–H and O–H groups in total. The lowest BCUT2D eigenvalue weighted by atomic mass is 10.1. The standard InChI is InChI=1S/C10H20N2O2/c1-10(2,3)14-9(13)12-8-5-4-6-11-7-8/h8,11H,4-7H2,1-3H3,(H,12,13)/p+1/t8-/m1/s1. The van der Waals surface area contributed by atoms with Gasteiger partial charge in [-0.25, -0.2) is 4.79 Å². The summed E-state index contributed by atoms with van der Waals surface area (Å²) in [6, 6.07) is 0.276. The lowest BCUT2D eigenvalue weighted by molar-refractivity contribution is -0.664. The first kappa shape index (κ1) is 11.3. The highest BCUT2D eigenvalue weighted by Crippen LogP contribution is 2.07. The summed E-state index contributed by atoms with van der Waals surface area (Å²) in [4.78, 5) is 11.4. The molecule has 0 saturated carbocycles. The molecule has 82 valence electrons. The third-order valence-electron chi connectivity index (χ3n) is 2.13. The summed E-state index contributed by atoms with van der Waals surface area (Å²) in [5.41, 5.74) is -0.400. The van der Waals surface area contributed by atoms with Crippen molar-refractivity contribution < 1.29 is 14.8 Å². The number of hydrogen-bond acceptors (Lipinski definition) is 2. The summed E-state index contributed by atoms with van der Waals surface area (Å²) in [7, 11) is 0. The zero-order valence-electron chi connectivity index (χ0n) is 9.30. The summed E-state index contributed by atoms with van der Waals surface area (Å²) >= 11 is 0. The van der Waals surface area contributed by atoms with Crippen LogP contribution in [0.25, 0.3) is 0 Å². The number of nitrogens with one attached hydrogen (secondary N) is 1. The Bertz CT molecular complexity index is 193. The summed E-state index contributed by atoms with van der Waals surface area (Å²) in [6.07, 6.45) is 1.94. The lowest BCUT2D eigenvalue weighted by Crippen LogP contribution is -2.89. The summed E-state index contributed by atoms with van der Waals surface area (Å²) in [5.74, 6) is 0. The van der Waals surface area contributed by atoms with Gasteiger partial charge in [-0.2, -0.15) is 0 Å². The van der Waals surface area contributed by atoms with E-state index in [2.05, 4.69) is 10.6 Å². The molecule has 0 aliphatic carbocycles. The second-order valence-electron chi connectivity index (χ2n) is 4.80. The first-order chi connectivity index (χ1) is 6.47. The molecule has 1 amide bonds. The molecule has 1 aliphatic heterocycles. The monoisotopic (exact) mass is 201 g/mol. The second-order valence-corrected chi connectivity index (χ2v) is 4.80. The number of nitrogens with two attached hydrogens (primary N) is 1. The minimum absolute atomic E-state index is 0.276. The van der Waals surface area contributed by atoms with E-state index in [0.717, 1.165) is 13.0 Å². The van der Waals surface area contributed by atoms with Gasteiger partial charge in [-0.1, -0.05) is 0 Å². The van der Waals surface area contributed by atoms with Crippen LogP contribution in [0.1, 0.15) is 33.6 Å². The maximum atomic E-state index is 11.4. The van der Waals surface area contributed by atoms with E-state index in [1.165, 1.54) is 13.0 Å². The highest BCUT2D eigenvalue weighted by molar-refractivity contribution is 5.68. The first-order valence-electron chi connectivity index (χ1n) is 5.28. The molecule has 0 radical (unpaired) electrons. The summed E-state index contributed by atoms with van der Waals surface area (Å²) in [5, 5.41) is 5.11. The van der Waals surface area contributed by atoms with E-state index in [9.17, 15) is 4.79 Å². The topological polar surface area (TPSA) is 54.9 Å². The lowest BCUT2D eigenvalue weighted by Gasteiger charge is -2.24. The number of hydrogen-bond donors (Lipinski definition) is 2. The fourth-order valence-corrected chi connectivity index (χ4v) is 1.55. The van der Waals surface area contributed by atoms with Crippen molar-refractivity contribution in [1.82, 2.24) is 5.32 Å². The van der Waals surface area contributed by atoms with Crippen LogP contribution in [0.4, 0.5) is 4.79 Å². The number of amides is 1. The molecule has 0 aromatic carbocycles. The van der Waals surface area contributed by atoms with Gasteiger partial charge in [0.05, 0.1) is 19.1 Å². The molecule has 1 aliphatic rings. The van der Waals surface area contributed by atoms with Gasteiger partial charge in [0.2, 0.25) is 0 Å². The van der Waals surface area contributed by atoms with Gasteiger partial charge in [0.1, 0.15) is 5.60 Å². The second kappa shape index (κ2) is 4.64. The van der Waals surface area contributed by atoms with E-state index in [-0.39, 0.29) is 12.1 Å². The van der Waals surface area contributed by atoms with E-state index in [1.54, 1.807) is 0 Å². The van der Waals surface area contributed by atoms with Crippen molar-refractivity contribution >= 4 is 6.09 Å². The van der Waals surface area contributed by atoms with Gasteiger partial charge in [0, 0.05) is 0 Å². The molecule has 1 fully saturated rings. The molecule has 1 heterocycles. The van der Waals surface area contributed by atoms with Crippen molar-refractivity contribution in [2.45, 2.75) is 45.3 Å². The number of quaternary nitrogens is 1. The number of ether oxygens (including phenoxy) is 1. The highest BCUT2D eigenvalue weighted by Gasteiger charge is 2.21. The molecular weight excluding hydrogens is 180 g/mol. The third kappa shape index (κ3) is 4.46. The Labute approximate surface area is 85.4 Å². The van der Waals surface area contributed by atoms with Crippen LogP contribution in [-0.4, -0.2) is 30.8 Å². The normalized spacial score (nSPS) is 22.9. The fourth-order valence-electron chi connectivity index (χ4n) is 1.55. The van der Waals surface area contributed by atoms with E-state index < -0.39 is 5.60 Å². The van der Waals surface area contributed by atoms with Crippen molar-refractivity contribution in [3.05, 3.63) is 0 Å². The predicted molar refractivity (Wildman–Crippen MR) is 54.1 cm³/mol. The average molecular weight is 201 g/mol. The van der Waals surface area contributed by atoms with Crippen LogP contribution in [0.15, 0.2) is 0 Å². The van der Waals surface area contributed by atoms with Crippen molar-refractivity contribution in [2.24, 2.45) is 0 Å². The SMILES string of the molecule is CC(C)(C)OC(=O)N[C@@H]1CCC[NH2+]C1. The highest BCUT2D eigenvalue weighted by atomic mass is 16.6. The van der Waals surface area contributed by atoms with Crippen LogP contribution >= 0.6 is 0 Å². The Morgan fingerprint density at radius 2 is 2.21 bits per heavy atom. The van der Waals surface area contributed by atoms with E-state index in [4.69, 9.17) is 4.74 Å². The van der Waals surface area contributed by atoms with Crippen molar-refractivity contribution in [3.8, 4) is 0 Å². The molecule has 0 unspecified atom stereocenters. The van der Waals surface area contributed by atoms with Crippen molar-refractivity contribution in [2.75, 3.05) is 13.1 Å². The molecule has 0 aromatic rings. The van der Waals surface area contributed by atoms with Crippen LogP contribution in [0.2, 0.25) is 0 Å². The van der Waals surface area contributed by atoms with E-state index in [1.807, 2.05) is 20.8 Å². The molecule has 1 rings (SSSR count). The summed E-state index contributed by atoms with van der Waals surface area (Å²) in [6.45, 7) is 7.77. The molecule has 0 bridgehead atoms. The van der Waals surface area contributed by atoms with Crippen molar-refractivity contribution in [3.63, 3.8) is 0 Å². The Kier molecular flexibility index (Phi) is 3.75. The molecule has 1 atom stereocenters. The van der Waals surface area contributed by atoms with Crippen LogP contribution in [-0.2, 0) is 4.74 Å². The average Bonchev–Trinajstić information content (AvgIpc) is 2.02. The Balaban J connectivity index is 2.25. The zero-order valence-corrected chi connectivity index (χ0v) is 9.30. The van der Waals surface area contributed by atoms with Gasteiger partial charge in [-0.3, -0.25) is 0 Å². The molecule has 0 aromatic heterocycles. The van der Waals surface area contributed by atoms with Crippen molar-refractivity contribution in [1.29, 1.82) is 0 Å². The Morgan fingerprint density at radius 3 is 2.71 bits per heavy atom. The van der Waals surface area contributed by atoms with Gasteiger partial charge < -0.3 is 15.4 Å².